The first-order valence-electron chi connectivity index (χ1n) is 8.76. The number of hydrogen-bond acceptors (Lipinski definition) is 5. The quantitative estimate of drug-likeness (QED) is 0.872. The van der Waals surface area contributed by atoms with Crippen LogP contribution in [0, 0.1) is 0 Å². The van der Waals surface area contributed by atoms with Crippen molar-refractivity contribution in [2.45, 2.75) is 11.8 Å². The minimum atomic E-state index is -3.72. The molecule has 2 aliphatic heterocycles. The highest BCUT2D eigenvalue weighted by Gasteiger charge is 2.32. The number of anilines is 1. The highest BCUT2D eigenvalue weighted by Crippen LogP contribution is 2.39. The van der Waals surface area contributed by atoms with Crippen molar-refractivity contribution in [3.05, 3.63) is 35.9 Å². The zero-order valence-corrected chi connectivity index (χ0v) is 15.7. The van der Waals surface area contributed by atoms with Gasteiger partial charge in [0.1, 0.15) is 0 Å². The molecule has 0 bridgehead atoms. The summed E-state index contributed by atoms with van der Waals surface area (Å²) in [7, 11) is -1.70. The molecule has 1 fully saturated rings. The van der Waals surface area contributed by atoms with Gasteiger partial charge in [0.2, 0.25) is 0 Å². The van der Waals surface area contributed by atoms with Gasteiger partial charge in [-0.05, 0) is 32.2 Å². The first-order chi connectivity index (χ1) is 12.4. The van der Waals surface area contributed by atoms with Crippen molar-refractivity contribution >= 4 is 32.4 Å². The van der Waals surface area contributed by atoms with Gasteiger partial charge in [-0.25, -0.2) is 13.4 Å². The average molecular weight is 374 g/mol. The van der Waals surface area contributed by atoms with E-state index in [9.17, 15) is 13.2 Å². The first-order valence-corrected chi connectivity index (χ1v) is 10.2. The third-order valence-corrected chi connectivity index (χ3v) is 6.54. The van der Waals surface area contributed by atoms with Crippen LogP contribution in [0.15, 0.2) is 35.2 Å². The smallest absolute Gasteiger partial charge is 0.258 e. The number of carbonyl (C=O) groups excluding carboxylic acids is 1. The zero-order valence-electron chi connectivity index (χ0n) is 14.9. The molecule has 26 heavy (non-hydrogen) atoms. The Bertz CT molecular complexity index is 981. The third-order valence-electron chi connectivity index (χ3n) is 5.10. The molecule has 0 radical (unpaired) electrons. The number of sulfonamides is 1. The number of carbonyl (C=O) groups is 1. The Morgan fingerprint density at radius 1 is 1.08 bits per heavy atom. The van der Waals surface area contributed by atoms with Gasteiger partial charge in [-0.2, -0.15) is 0 Å². The van der Waals surface area contributed by atoms with Gasteiger partial charge < -0.3 is 9.80 Å². The number of piperazine rings is 1. The molecule has 8 heteroatoms. The van der Waals surface area contributed by atoms with Crippen molar-refractivity contribution in [1.29, 1.82) is 0 Å². The van der Waals surface area contributed by atoms with E-state index in [1.54, 1.807) is 40.2 Å². The van der Waals surface area contributed by atoms with Gasteiger partial charge >= 0.3 is 0 Å². The van der Waals surface area contributed by atoms with Crippen LogP contribution in [0.3, 0.4) is 0 Å². The largest absolute Gasteiger partial charge is 0.308 e. The van der Waals surface area contributed by atoms with E-state index in [4.69, 9.17) is 0 Å². The Hall–Kier alpha value is -2.00. The summed E-state index contributed by atoms with van der Waals surface area (Å²) in [4.78, 5) is 19.3. The SMILES string of the molecule is CCN1C(=O)c2cccc3c(S(=O)(=O)NN4CCN(C)CC4)ccc1c23. The summed E-state index contributed by atoms with van der Waals surface area (Å²) in [5.74, 6) is -0.0744. The fraction of sp³-hybridized carbons (Fsp3) is 0.389. The molecule has 0 saturated carbocycles. The average Bonchev–Trinajstić information content (AvgIpc) is 2.90. The third kappa shape index (κ3) is 2.69. The van der Waals surface area contributed by atoms with Crippen molar-refractivity contribution in [1.82, 2.24) is 14.7 Å². The van der Waals surface area contributed by atoms with Crippen LogP contribution in [0.4, 0.5) is 5.69 Å². The lowest BCUT2D eigenvalue weighted by molar-refractivity contribution is 0.0994. The summed E-state index contributed by atoms with van der Waals surface area (Å²) in [5.41, 5.74) is 1.35. The minimum Gasteiger partial charge on any atom is -0.308 e. The molecule has 2 aromatic rings. The first kappa shape index (κ1) is 17.4. The molecule has 2 aromatic carbocycles. The lowest BCUT2D eigenvalue weighted by atomic mass is 10.1. The molecule has 0 spiro atoms. The maximum Gasteiger partial charge on any atom is 0.258 e. The summed E-state index contributed by atoms with van der Waals surface area (Å²) in [6.45, 7) is 5.36. The van der Waals surface area contributed by atoms with Crippen molar-refractivity contribution in [2.24, 2.45) is 0 Å². The van der Waals surface area contributed by atoms with E-state index in [2.05, 4.69) is 9.73 Å². The van der Waals surface area contributed by atoms with Crippen LogP contribution in [0.5, 0.6) is 0 Å². The van der Waals surface area contributed by atoms with Gasteiger partial charge in [0, 0.05) is 49.1 Å². The topological polar surface area (TPSA) is 73.0 Å². The van der Waals surface area contributed by atoms with Crippen LogP contribution in [-0.2, 0) is 10.0 Å². The number of nitrogens with zero attached hydrogens (tertiary/aromatic N) is 3. The number of benzene rings is 2. The maximum atomic E-state index is 13.0. The van der Waals surface area contributed by atoms with Crippen LogP contribution in [0.2, 0.25) is 0 Å². The Morgan fingerprint density at radius 3 is 2.50 bits per heavy atom. The second kappa shape index (κ2) is 6.31. The number of nitrogens with one attached hydrogen (secondary N) is 1. The molecule has 0 atom stereocenters. The monoisotopic (exact) mass is 374 g/mol. The van der Waals surface area contributed by atoms with Gasteiger partial charge in [-0.1, -0.05) is 12.1 Å². The zero-order chi connectivity index (χ0) is 18.5. The Balaban J connectivity index is 1.76. The van der Waals surface area contributed by atoms with Gasteiger partial charge in [0.05, 0.1) is 10.6 Å². The van der Waals surface area contributed by atoms with Gasteiger partial charge in [0.25, 0.3) is 15.9 Å². The minimum absolute atomic E-state index is 0.0744. The maximum absolute atomic E-state index is 13.0. The molecular weight excluding hydrogens is 352 g/mol. The summed E-state index contributed by atoms with van der Waals surface area (Å²) in [5, 5.41) is 3.05. The highest BCUT2D eigenvalue weighted by atomic mass is 32.2. The summed E-state index contributed by atoms with van der Waals surface area (Å²) < 4.78 is 26.0. The van der Waals surface area contributed by atoms with E-state index in [0.717, 1.165) is 24.2 Å². The van der Waals surface area contributed by atoms with Gasteiger partial charge in [-0.3, -0.25) is 4.79 Å². The van der Waals surface area contributed by atoms with Crippen LogP contribution < -0.4 is 9.73 Å². The Labute approximate surface area is 153 Å². The number of hydrogen-bond donors (Lipinski definition) is 1. The molecule has 1 saturated heterocycles. The fourth-order valence-electron chi connectivity index (χ4n) is 3.68. The molecule has 0 aromatic heterocycles. The van der Waals surface area contributed by atoms with E-state index < -0.39 is 10.0 Å². The molecule has 7 nitrogen and oxygen atoms in total. The Morgan fingerprint density at radius 2 is 1.81 bits per heavy atom. The van der Waals surface area contributed by atoms with E-state index in [1.165, 1.54) is 0 Å². The molecule has 138 valence electrons. The molecule has 0 aliphatic carbocycles. The molecule has 2 heterocycles. The van der Waals surface area contributed by atoms with Gasteiger partial charge in [-0.15, -0.1) is 4.83 Å². The number of likely N-dealkylation sites (N-methyl/N-ethyl adjacent to an activating group) is 1. The lowest BCUT2D eigenvalue weighted by Gasteiger charge is -2.32. The summed E-state index contributed by atoms with van der Waals surface area (Å²) in [6.07, 6.45) is 0. The van der Waals surface area contributed by atoms with Crippen LogP contribution in [0.25, 0.3) is 10.8 Å². The highest BCUT2D eigenvalue weighted by molar-refractivity contribution is 7.89. The lowest BCUT2D eigenvalue weighted by Crippen LogP contribution is -2.52. The molecule has 0 unspecified atom stereocenters. The fourth-order valence-corrected chi connectivity index (χ4v) is 5.01. The van der Waals surface area contributed by atoms with Crippen LogP contribution >= 0.6 is 0 Å². The summed E-state index contributed by atoms with van der Waals surface area (Å²) in [6, 6.07) is 8.61. The van der Waals surface area contributed by atoms with E-state index in [-0.39, 0.29) is 10.8 Å². The second-order valence-electron chi connectivity index (χ2n) is 6.75. The van der Waals surface area contributed by atoms with Crippen molar-refractivity contribution in [3.63, 3.8) is 0 Å². The van der Waals surface area contributed by atoms with Crippen molar-refractivity contribution in [2.75, 3.05) is 44.7 Å². The molecule has 1 N–H and O–H groups in total. The molecule has 2 aliphatic rings. The predicted molar refractivity (Wildman–Crippen MR) is 101 cm³/mol. The molecular formula is C18H22N4O3S. The van der Waals surface area contributed by atoms with E-state index in [0.29, 0.717) is 30.6 Å². The van der Waals surface area contributed by atoms with Crippen molar-refractivity contribution in [3.8, 4) is 0 Å². The van der Waals surface area contributed by atoms with Crippen LogP contribution in [0.1, 0.15) is 17.3 Å². The molecule has 4 rings (SSSR count). The number of rotatable bonds is 4. The normalized spacial score (nSPS) is 18.8. The standard InChI is InChI=1S/C18H22N4O3S/c1-3-22-15-7-8-16(13-5-4-6-14(17(13)15)18(22)23)26(24,25)19-21-11-9-20(2)10-12-21/h4-8,19H,3,9-12H2,1-2H3. The van der Waals surface area contributed by atoms with E-state index >= 15 is 0 Å². The number of hydrazine groups is 1. The Kier molecular flexibility index (Phi) is 4.23. The molecule has 1 amide bonds. The van der Waals surface area contributed by atoms with Gasteiger partial charge in [0.15, 0.2) is 0 Å². The predicted octanol–water partition coefficient (Wildman–Crippen LogP) is 1.26. The van der Waals surface area contributed by atoms with Crippen LogP contribution in [-0.4, -0.2) is 64.0 Å². The summed E-state index contributed by atoms with van der Waals surface area (Å²) >= 11 is 0. The van der Waals surface area contributed by atoms with Crippen molar-refractivity contribution < 1.29 is 13.2 Å². The number of amides is 1. The van der Waals surface area contributed by atoms with E-state index in [1.807, 2.05) is 14.0 Å². The second-order valence-corrected chi connectivity index (χ2v) is 8.37.